The van der Waals surface area contributed by atoms with Gasteiger partial charge in [0, 0.05) is 4.57 Å². The molecule has 0 aromatic rings. The van der Waals surface area contributed by atoms with E-state index in [1.165, 1.54) is 0 Å². The molecule has 0 aliphatic heterocycles. The summed E-state index contributed by atoms with van der Waals surface area (Å²) in [5.74, 6) is -51.1. The number of hydrogen-bond acceptors (Lipinski definition) is 2. The molecule has 0 saturated heterocycles. The zero-order chi connectivity index (χ0) is 24.3. The Morgan fingerprint density at radius 3 is 0.966 bits per heavy atom. The fraction of sp³-hybridized carbons (Fsp3) is 1.00. The Hall–Kier alpha value is -1.17. The highest BCUT2D eigenvalue weighted by atomic mass is 31.1. The van der Waals surface area contributed by atoms with Gasteiger partial charge in [-0.15, -0.1) is 4.89 Å². The van der Waals surface area contributed by atoms with Gasteiger partial charge >= 0.3 is 56.1 Å². The minimum Gasteiger partial charge on any atom is -0.192 e. The summed E-state index contributed by atoms with van der Waals surface area (Å²) in [5, 5.41) is 0. The van der Waals surface area contributed by atoms with Gasteiger partial charge in [-0.05, 0) is 4.52 Å². The van der Waals surface area contributed by atoms with Crippen LogP contribution >= 0.6 is 8.25 Å². The lowest BCUT2D eigenvalue weighted by Gasteiger charge is -2.41. The molecule has 0 saturated carbocycles. The molecule has 1 unspecified atom stereocenters. The SMILES string of the molecule is O=[P+](O)OC(F)(F)C(F)(F)C(F)(F)C(F)(F)C(F)(F)C(F)(F)C(F)(F)C(F)(F)F. The Labute approximate surface area is 146 Å². The summed E-state index contributed by atoms with van der Waals surface area (Å²) in [7, 11) is -5.08. The van der Waals surface area contributed by atoms with Crippen molar-refractivity contribution in [1.82, 2.24) is 0 Å². The van der Waals surface area contributed by atoms with Crippen LogP contribution < -0.4 is 0 Å². The van der Waals surface area contributed by atoms with Crippen molar-refractivity contribution in [3.05, 3.63) is 0 Å². The molecule has 0 spiro atoms. The summed E-state index contributed by atoms with van der Waals surface area (Å²) < 4.78 is 227. The third-order valence-corrected chi connectivity index (χ3v) is 3.27. The van der Waals surface area contributed by atoms with E-state index in [2.05, 4.69) is 0 Å². The minimum absolute atomic E-state index is 1.91. The molecule has 0 aliphatic carbocycles. The first-order valence-corrected chi connectivity index (χ1v) is 6.86. The van der Waals surface area contributed by atoms with Crippen LogP contribution in [0, 0.1) is 0 Å². The van der Waals surface area contributed by atoms with E-state index in [1.807, 2.05) is 4.52 Å². The highest BCUT2D eigenvalue weighted by molar-refractivity contribution is 7.32. The van der Waals surface area contributed by atoms with Gasteiger partial charge in [0.1, 0.15) is 0 Å². The van der Waals surface area contributed by atoms with Crippen LogP contribution in [0.1, 0.15) is 0 Å². The number of halogens is 17. The van der Waals surface area contributed by atoms with E-state index >= 15 is 0 Å². The molecule has 0 bridgehead atoms. The van der Waals surface area contributed by atoms with Gasteiger partial charge in [0.2, 0.25) is 0 Å². The predicted molar refractivity (Wildman–Crippen MR) is 51.6 cm³/mol. The van der Waals surface area contributed by atoms with Crippen molar-refractivity contribution in [3.8, 4) is 0 Å². The third kappa shape index (κ3) is 3.70. The van der Waals surface area contributed by atoms with Crippen molar-refractivity contribution in [2.45, 2.75) is 47.8 Å². The molecule has 0 fully saturated rings. The van der Waals surface area contributed by atoms with Gasteiger partial charge in [0.25, 0.3) is 0 Å². The zero-order valence-corrected chi connectivity index (χ0v) is 13.0. The Kier molecular flexibility index (Phi) is 6.65. The van der Waals surface area contributed by atoms with Crippen molar-refractivity contribution in [1.29, 1.82) is 0 Å². The van der Waals surface area contributed by atoms with E-state index < -0.39 is 56.1 Å². The zero-order valence-electron chi connectivity index (χ0n) is 12.1. The van der Waals surface area contributed by atoms with Crippen molar-refractivity contribution in [2.75, 3.05) is 0 Å². The monoisotopic (exact) mass is 499 g/mol. The first kappa shape index (κ1) is 27.8. The van der Waals surface area contributed by atoms with E-state index in [9.17, 15) is 79.2 Å². The van der Waals surface area contributed by atoms with Gasteiger partial charge in [0.15, 0.2) is 0 Å². The van der Waals surface area contributed by atoms with Crippen molar-refractivity contribution in [2.24, 2.45) is 0 Å². The lowest BCUT2D eigenvalue weighted by atomic mass is 9.91. The summed E-state index contributed by atoms with van der Waals surface area (Å²) in [6.45, 7) is 0. The van der Waals surface area contributed by atoms with E-state index in [1.54, 1.807) is 0 Å². The van der Waals surface area contributed by atoms with Crippen LogP contribution in [0.3, 0.4) is 0 Å². The predicted octanol–water partition coefficient (Wildman–Crippen LogP) is 5.62. The molecule has 29 heavy (non-hydrogen) atoms. The van der Waals surface area contributed by atoms with E-state index in [0.717, 1.165) is 0 Å². The summed E-state index contributed by atoms with van der Waals surface area (Å²) >= 11 is 0. The van der Waals surface area contributed by atoms with E-state index in [-0.39, 0.29) is 0 Å². The van der Waals surface area contributed by atoms with Crippen molar-refractivity contribution < 1.29 is 88.6 Å². The Morgan fingerprint density at radius 2 is 0.724 bits per heavy atom. The smallest absolute Gasteiger partial charge is 0.192 e. The van der Waals surface area contributed by atoms with Crippen LogP contribution in [-0.4, -0.2) is 52.7 Å². The maximum absolute atomic E-state index is 13.1. The molecule has 3 nitrogen and oxygen atoms in total. The second-order valence-corrected chi connectivity index (χ2v) is 5.45. The molecule has 174 valence electrons. The second kappa shape index (κ2) is 6.93. The van der Waals surface area contributed by atoms with E-state index in [0.29, 0.717) is 0 Å². The standard InChI is InChI=1S/C8F17O3P/c9-1(10,3(13,14)5(17,18)7(21,22)23)2(11,12)4(15,16)6(19,20)8(24,25)28-29(26)27/p+1. The van der Waals surface area contributed by atoms with Crippen LogP contribution in [0.4, 0.5) is 74.6 Å². The highest BCUT2D eigenvalue weighted by Crippen LogP contribution is 2.64. The number of alkyl halides is 17. The maximum Gasteiger partial charge on any atom is 0.701 e. The van der Waals surface area contributed by atoms with Gasteiger partial charge in [-0.25, -0.2) is 0 Å². The molecule has 0 aromatic carbocycles. The summed E-state index contributed by atoms with van der Waals surface area (Å²) in [5.41, 5.74) is 0. The lowest BCUT2D eigenvalue weighted by Crippen LogP contribution is -2.74. The van der Waals surface area contributed by atoms with E-state index in [4.69, 9.17) is 4.89 Å². The molecule has 1 N–H and O–H groups in total. The Balaban J connectivity index is 6.69. The minimum atomic E-state index is -8.76. The molecular weight excluding hydrogens is 498 g/mol. The largest absolute Gasteiger partial charge is 0.701 e. The van der Waals surface area contributed by atoms with Crippen molar-refractivity contribution >= 4 is 8.25 Å². The third-order valence-electron chi connectivity index (χ3n) is 2.89. The van der Waals surface area contributed by atoms with Gasteiger partial charge in [-0.2, -0.15) is 74.6 Å². The average molecular weight is 499 g/mol. The normalized spacial score (nSPS) is 16.8. The van der Waals surface area contributed by atoms with Crippen molar-refractivity contribution in [3.63, 3.8) is 0 Å². The fourth-order valence-electron chi connectivity index (χ4n) is 1.30. The summed E-state index contributed by atoms with van der Waals surface area (Å²) in [6, 6.07) is 0. The first-order chi connectivity index (χ1) is 12.2. The van der Waals surface area contributed by atoms with Crippen LogP contribution in [0.15, 0.2) is 0 Å². The number of rotatable bonds is 8. The van der Waals surface area contributed by atoms with Crippen LogP contribution in [-0.2, 0) is 9.09 Å². The topological polar surface area (TPSA) is 46.5 Å². The van der Waals surface area contributed by atoms with Gasteiger partial charge < -0.3 is 0 Å². The van der Waals surface area contributed by atoms with Gasteiger partial charge in [-0.1, -0.05) is 0 Å². The van der Waals surface area contributed by atoms with Crippen LogP contribution in [0.25, 0.3) is 0 Å². The summed E-state index contributed by atoms with van der Waals surface area (Å²) in [6.07, 6.45) is -15.2. The second-order valence-electron chi connectivity index (χ2n) is 4.79. The first-order valence-electron chi connectivity index (χ1n) is 5.73. The number of hydrogen-bond donors (Lipinski definition) is 1. The Morgan fingerprint density at radius 1 is 0.483 bits per heavy atom. The molecule has 1 atom stereocenters. The van der Waals surface area contributed by atoms with Crippen LogP contribution in [0.2, 0.25) is 0 Å². The lowest BCUT2D eigenvalue weighted by molar-refractivity contribution is -0.471. The fourth-order valence-corrected chi connectivity index (χ4v) is 1.62. The quantitative estimate of drug-likeness (QED) is 0.349. The molecule has 0 aromatic heterocycles. The van der Waals surface area contributed by atoms with Crippen LogP contribution in [0.5, 0.6) is 0 Å². The summed E-state index contributed by atoms with van der Waals surface area (Å²) in [4.78, 5) is 7.75. The van der Waals surface area contributed by atoms with Gasteiger partial charge in [0.05, 0.1) is 0 Å². The molecule has 0 radical (unpaired) electrons. The highest BCUT2D eigenvalue weighted by Gasteiger charge is 2.96. The molecule has 0 rings (SSSR count). The molecule has 21 heteroatoms. The molecule has 0 aliphatic rings. The molecular formula is C8HF17O3P+. The molecule has 0 heterocycles. The Bertz CT molecular complexity index is 637. The average Bonchev–Trinajstić information content (AvgIpc) is 2.43. The molecule has 0 amide bonds. The maximum atomic E-state index is 13.1. The van der Waals surface area contributed by atoms with Gasteiger partial charge in [-0.3, -0.25) is 0 Å².